The summed E-state index contributed by atoms with van der Waals surface area (Å²) < 4.78 is 35.4. The van der Waals surface area contributed by atoms with E-state index >= 15 is 0 Å². The second kappa shape index (κ2) is 5.05. The van der Waals surface area contributed by atoms with Crippen LogP contribution in [0, 0.1) is 5.92 Å². The molecule has 82 valence electrons. The van der Waals surface area contributed by atoms with Crippen molar-refractivity contribution in [3.05, 3.63) is 0 Å². The van der Waals surface area contributed by atoms with Gasteiger partial charge in [0.15, 0.2) is 0 Å². The fraction of sp³-hybridized carbons (Fsp3) is 0.889. The lowest BCUT2D eigenvalue weighted by atomic mass is 9.86. The van der Waals surface area contributed by atoms with E-state index in [-0.39, 0.29) is 29.2 Å². The first-order valence-electron chi connectivity index (χ1n) is 4.72. The minimum absolute atomic E-state index is 0.0138. The van der Waals surface area contributed by atoms with Crippen molar-refractivity contribution >= 4 is 17.5 Å². The molecule has 14 heavy (non-hydrogen) atoms. The minimum atomic E-state index is -4.16. The van der Waals surface area contributed by atoms with Crippen LogP contribution < -0.4 is 0 Å². The van der Waals surface area contributed by atoms with Gasteiger partial charge in [0, 0.05) is 18.1 Å². The average molecular weight is 226 g/mol. The molecule has 1 fully saturated rings. The molecule has 1 rings (SSSR count). The number of alkyl halides is 3. The molecule has 1 aliphatic rings. The Hall–Kier alpha value is -0.190. The molecule has 0 saturated heterocycles. The first-order valence-corrected chi connectivity index (χ1v) is 5.71. The van der Waals surface area contributed by atoms with Gasteiger partial charge >= 0.3 is 5.51 Å². The zero-order valence-corrected chi connectivity index (χ0v) is 8.59. The molecule has 1 saturated carbocycles. The molecule has 0 N–H and O–H groups in total. The smallest absolute Gasteiger partial charge is 0.299 e. The van der Waals surface area contributed by atoms with Gasteiger partial charge in [-0.25, -0.2) is 0 Å². The van der Waals surface area contributed by atoms with Crippen LogP contribution in [0.15, 0.2) is 0 Å². The third kappa shape index (κ3) is 4.35. The number of rotatable bonds is 3. The maximum absolute atomic E-state index is 11.8. The lowest BCUT2D eigenvalue weighted by Crippen LogP contribution is -2.20. The predicted molar refractivity (Wildman–Crippen MR) is 50.1 cm³/mol. The summed E-state index contributed by atoms with van der Waals surface area (Å²) in [5, 5.41) is 0. The van der Waals surface area contributed by atoms with Crippen molar-refractivity contribution < 1.29 is 18.0 Å². The highest BCUT2D eigenvalue weighted by atomic mass is 32.2. The van der Waals surface area contributed by atoms with E-state index < -0.39 is 5.51 Å². The molecular weight excluding hydrogens is 213 g/mol. The molecular formula is C9H13F3OS. The van der Waals surface area contributed by atoms with Gasteiger partial charge in [0.25, 0.3) is 0 Å². The van der Waals surface area contributed by atoms with Crippen molar-refractivity contribution in [1.82, 2.24) is 0 Å². The van der Waals surface area contributed by atoms with Crippen LogP contribution in [0.3, 0.4) is 0 Å². The number of halogens is 3. The second-order valence-electron chi connectivity index (χ2n) is 3.49. The Morgan fingerprint density at radius 3 is 2.64 bits per heavy atom. The molecule has 0 aromatic heterocycles. The van der Waals surface area contributed by atoms with E-state index in [0.717, 1.165) is 19.3 Å². The summed E-state index contributed by atoms with van der Waals surface area (Å²) in [6, 6.07) is 0. The Labute approximate surface area is 85.4 Å². The Morgan fingerprint density at radius 1 is 1.36 bits per heavy atom. The van der Waals surface area contributed by atoms with Gasteiger partial charge in [0.1, 0.15) is 5.78 Å². The number of carbonyl (C=O) groups is 1. The fourth-order valence-electron chi connectivity index (χ4n) is 1.68. The van der Waals surface area contributed by atoms with Crippen LogP contribution in [-0.2, 0) is 4.79 Å². The molecule has 0 radical (unpaired) electrons. The number of thioether (sulfide) groups is 1. The normalized spacial score (nSPS) is 23.9. The summed E-state index contributed by atoms with van der Waals surface area (Å²) in [6.07, 6.45) is 3.59. The molecule has 1 nitrogen and oxygen atoms in total. The SMILES string of the molecule is O=C1CCCCC1CCSC(F)(F)F. The van der Waals surface area contributed by atoms with Crippen LogP contribution in [0.25, 0.3) is 0 Å². The van der Waals surface area contributed by atoms with E-state index in [0.29, 0.717) is 12.8 Å². The van der Waals surface area contributed by atoms with Crippen molar-refractivity contribution in [2.75, 3.05) is 5.75 Å². The van der Waals surface area contributed by atoms with Gasteiger partial charge in [-0.2, -0.15) is 13.2 Å². The second-order valence-corrected chi connectivity index (χ2v) is 4.65. The summed E-state index contributed by atoms with van der Waals surface area (Å²) in [5.41, 5.74) is -4.16. The Kier molecular flexibility index (Phi) is 4.29. The number of carbonyl (C=O) groups excluding carboxylic acids is 1. The summed E-state index contributed by atoms with van der Waals surface area (Å²) >= 11 is -0.0230. The quantitative estimate of drug-likeness (QED) is 0.733. The van der Waals surface area contributed by atoms with Crippen molar-refractivity contribution in [2.45, 2.75) is 37.6 Å². The topological polar surface area (TPSA) is 17.1 Å². The monoisotopic (exact) mass is 226 g/mol. The highest BCUT2D eigenvalue weighted by molar-refractivity contribution is 8.00. The van der Waals surface area contributed by atoms with E-state index in [1.807, 2.05) is 0 Å². The Balaban J connectivity index is 2.20. The van der Waals surface area contributed by atoms with Gasteiger partial charge in [0.2, 0.25) is 0 Å². The molecule has 1 unspecified atom stereocenters. The molecule has 0 aromatic rings. The zero-order chi connectivity index (χ0) is 10.6. The van der Waals surface area contributed by atoms with Gasteiger partial charge < -0.3 is 0 Å². The van der Waals surface area contributed by atoms with E-state index in [1.54, 1.807) is 0 Å². The maximum Gasteiger partial charge on any atom is 0.441 e. The standard InChI is InChI=1S/C9H13F3OS/c10-9(11,12)14-6-5-7-3-1-2-4-8(7)13/h7H,1-6H2. The van der Waals surface area contributed by atoms with E-state index in [2.05, 4.69) is 0 Å². The number of hydrogen-bond donors (Lipinski definition) is 0. The molecule has 0 aliphatic heterocycles. The molecule has 0 aromatic carbocycles. The number of hydrogen-bond acceptors (Lipinski definition) is 2. The molecule has 1 atom stereocenters. The summed E-state index contributed by atoms with van der Waals surface area (Å²) in [7, 11) is 0. The van der Waals surface area contributed by atoms with Crippen molar-refractivity contribution in [2.24, 2.45) is 5.92 Å². The third-order valence-electron chi connectivity index (χ3n) is 2.41. The van der Waals surface area contributed by atoms with E-state index in [4.69, 9.17) is 0 Å². The zero-order valence-electron chi connectivity index (χ0n) is 7.77. The van der Waals surface area contributed by atoms with Gasteiger partial charge in [-0.3, -0.25) is 4.79 Å². The number of Topliss-reactive ketones (excluding diaryl/α,β-unsaturated/α-hetero) is 1. The van der Waals surface area contributed by atoms with E-state index in [9.17, 15) is 18.0 Å². The Morgan fingerprint density at radius 2 is 2.07 bits per heavy atom. The largest absolute Gasteiger partial charge is 0.441 e. The molecule has 5 heteroatoms. The molecule has 1 aliphatic carbocycles. The summed E-state index contributed by atoms with van der Waals surface area (Å²) in [6.45, 7) is 0. The van der Waals surface area contributed by atoms with Crippen molar-refractivity contribution in [3.8, 4) is 0 Å². The van der Waals surface area contributed by atoms with Crippen LogP contribution in [0.2, 0.25) is 0 Å². The lowest BCUT2D eigenvalue weighted by Gasteiger charge is -2.20. The van der Waals surface area contributed by atoms with E-state index in [1.165, 1.54) is 0 Å². The van der Waals surface area contributed by atoms with Crippen LogP contribution in [0.1, 0.15) is 32.1 Å². The van der Waals surface area contributed by atoms with Gasteiger partial charge in [-0.05, 0) is 19.3 Å². The average Bonchev–Trinajstić information content (AvgIpc) is 2.06. The third-order valence-corrected chi connectivity index (χ3v) is 3.18. The highest BCUT2D eigenvalue weighted by Crippen LogP contribution is 2.33. The van der Waals surface area contributed by atoms with Crippen LogP contribution in [0.5, 0.6) is 0 Å². The van der Waals surface area contributed by atoms with Crippen molar-refractivity contribution in [3.63, 3.8) is 0 Å². The summed E-state index contributed by atoms with van der Waals surface area (Å²) in [4.78, 5) is 11.3. The van der Waals surface area contributed by atoms with Crippen molar-refractivity contribution in [1.29, 1.82) is 0 Å². The van der Waals surface area contributed by atoms with Gasteiger partial charge in [0.05, 0.1) is 0 Å². The van der Waals surface area contributed by atoms with Crippen LogP contribution in [0.4, 0.5) is 13.2 Å². The Bertz CT molecular complexity index is 203. The minimum Gasteiger partial charge on any atom is -0.299 e. The van der Waals surface area contributed by atoms with Gasteiger partial charge in [-0.1, -0.05) is 18.2 Å². The van der Waals surface area contributed by atoms with Crippen LogP contribution >= 0.6 is 11.8 Å². The molecule has 0 bridgehead atoms. The first-order chi connectivity index (χ1) is 6.49. The summed E-state index contributed by atoms with van der Waals surface area (Å²) in [5.74, 6) is 0.0533. The molecule has 0 amide bonds. The number of ketones is 1. The fourth-order valence-corrected chi connectivity index (χ4v) is 2.31. The molecule has 0 heterocycles. The van der Waals surface area contributed by atoms with Crippen LogP contribution in [-0.4, -0.2) is 17.0 Å². The lowest BCUT2D eigenvalue weighted by molar-refractivity contribution is -0.124. The predicted octanol–water partition coefficient (Wildman–Crippen LogP) is 3.39. The highest BCUT2D eigenvalue weighted by Gasteiger charge is 2.29. The first kappa shape index (κ1) is 11.9. The van der Waals surface area contributed by atoms with Gasteiger partial charge in [-0.15, -0.1) is 0 Å². The maximum atomic E-state index is 11.8. The molecule has 0 spiro atoms.